The fourth-order valence-corrected chi connectivity index (χ4v) is 3.87. The third-order valence-corrected chi connectivity index (χ3v) is 5.77. The van der Waals surface area contributed by atoms with E-state index in [9.17, 15) is 22.8 Å². The number of ether oxygens (including phenoxy) is 1. The summed E-state index contributed by atoms with van der Waals surface area (Å²) >= 11 is 6.01. The molecular formula is C23H24ClF3N2O3. The number of carbonyl (C=O) groups excluding carboxylic acids is 2. The highest BCUT2D eigenvalue weighted by atomic mass is 35.5. The topological polar surface area (TPSA) is 58.6 Å². The Morgan fingerprint density at radius 1 is 1.12 bits per heavy atom. The fourth-order valence-electron chi connectivity index (χ4n) is 3.70. The average Bonchev–Trinajstić information content (AvgIpc) is 2.78. The molecule has 5 nitrogen and oxygen atoms in total. The minimum atomic E-state index is -4.36. The lowest BCUT2D eigenvalue weighted by Crippen LogP contribution is -2.43. The van der Waals surface area contributed by atoms with Crippen molar-refractivity contribution < 1.29 is 27.5 Å². The van der Waals surface area contributed by atoms with E-state index in [-0.39, 0.29) is 17.7 Å². The van der Waals surface area contributed by atoms with Gasteiger partial charge in [0.25, 0.3) is 5.91 Å². The first-order chi connectivity index (χ1) is 15.2. The molecular weight excluding hydrogens is 445 g/mol. The number of carbonyl (C=O) groups is 2. The number of alkyl halides is 3. The van der Waals surface area contributed by atoms with Gasteiger partial charge in [-0.1, -0.05) is 23.7 Å². The van der Waals surface area contributed by atoms with Gasteiger partial charge in [-0.2, -0.15) is 13.2 Å². The predicted octanol–water partition coefficient (Wildman–Crippen LogP) is 4.58. The van der Waals surface area contributed by atoms with Crippen LogP contribution in [0.5, 0.6) is 5.75 Å². The molecule has 1 N–H and O–H groups in total. The summed E-state index contributed by atoms with van der Waals surface area (Å²) < 4.78 is 43.1. The molecule has 0 saturated carbocycles. The lowest BCUT2D eigenvalue weighted by molar-refractivity contribution is -0.137. The van der Waals surface area contributed by atoms with Gasteiger partial charge in [-0.05, 0) is 55.2 Å². The quantitative estimate of drug-likeness (QED) is 0.675. The van der Waals surface area contributed by atoms with Crippen molar-refractivity contribution in [1.82, 2.24) is 10.2 Å². The summed E-state index contributed by atoms with van der Waals surface area (Å²) in [5.41, 5.74) is 0.413. The molecule has 0 aliphatic carbocycles. The van der Waals surface area contributed by atoms with Gasteiger partial charge in [-0.15, -0.1) is 0 Å². The molecule has 1 aliphatic rings. The number of halogens is 4. The average molecular weight is 469 g/mol. The van der Waals surface area contributed by atoms with Crippen molar-refractivity contribution >= 4 is 23.4 Å². The lowest BCUT2D eigenvalue weighted by atomic mass is 9.95. The van der Waals surface area contributed by atoms with Gasteiger partial charge < -0.3 is 15.0 Å². The second kappa shape index (κ2) is 10.3. The number of methoxy groups -OCH3 is 1. The van der Waals surface area contributed by atoms with Gasteiger partial charge >= 0.3 is 6.18 Å². The van der Waals surface area contributed by atoms with E-state index < -0.39 is 11.7 Å². The van der Waals surface area contributed by atoms with Gasteiger partial charge in [0.2, 0.25) is 5.91 Å². The molecule has 2 amide bonds. The van der Waals surface area contributed by atoms with Crippen molar-refractivity contribution in [1.29, 1.82) is 0 Å². The van der Waals surface area contributed by atoms with Gasteiger partial charge in [-0.3, -0.25) is 9.59 Å². The van der Waals surface area contributed by atoms with Crippen molar-refractivity contribution in [2.24, 2.45) is 5.92 Å². The van der Waals surface area contributed by atoms with Crippen molar-refractivity contribution in [2.75, 3.05) is 26.7 Å². The zero-order valence-electron chi connectivity index (χ0n) is 17.5. The molecule has 1 aliphatic heterocycles. The third-order valence-electron chi connectivity index (χ3n) is 5.54. The first-order valence-electron chi connectivity index (χ1n) is 10.3. The van der Waals surface area contributed by atoms with E-state index >= 15 is 0 Å². The maximum absolute atomic E-state index is 12.8. The van der Waals surface area contributed by atoms with Crippen LogP contribution in [0.25, 0.3) is 0 Å². The van der Waals surface area contributed by atoms with E-state index in [0.29, 0.717) is 60.8 Å². The van der Waals surface area contributed by atoms with Crippen LogP contribution in [0.4, 0.5) is 13.2 Å². The molecule has 3 rings (SSSR count). The summed E-state index contributed by atoms with van der Waals surface area (Å²) in [6.45, 7) is 1.21. The SMILES string of the molecule is COc1ccc(Cl)cc1C(=O)N1CCC(C(=O)NCCc2ccc(C(F)(F)F)cc2)CC1. The minimum Gasteiger partial charge on any atom is -0.496 e. The molecule has 1 heterocycles. The Labute approximate surface area is 189 Å². The number of nitrogens with zero attached hydrogens (tertiary/aromatic N) is 1. The van der Waals surface area contributed by atoms with E-state index in [4.69, 9.17) is 16.3 Å². The fraction of sp³-hybridized carbons (Fsp3) is 0.391. The zero-order valence-corrected chi connectivity index (χ0v) is 18.3. The van der Waals surface area contributed by atoms with Crippen LogP contribution in [0.3, 0.4) is 0 Å². The largest absolute Gasteiger partial charge is 0.496 e. The van der Waals surface area contributed by atoms with E-state index in [2.05, 4.69) is 5.32 Å². The van der Waals surface area contributed by atoms with Gasteiger partial charge in [-0.25, -0.2) is 0 Å². The van der Waals surface area contributed by atoms with Crippen molar-refractivity contribution in [2.45, 2.75) is 25.4 Å². The Kier molecular flexibility index (Phi) is 7.66. The van der Waals surface area contributed by atoms with Crippen LogP contribution >= 0.6 is 11.6 Å². The monoisotopic (exact) mass is 468 g/mol. The number of likely N-dealkylation sites (tertiary alicyclic amines) is 1. The van der Waals surface area contributed by atoms with Crippen LogP contribution in [0.1, 0.15) is 34.3 Å². The van der Waals surface area contributed by atoms with E-state index in [0.717, 1.165) is 12.1 Å². The highest BCUT2D eigenvalue weighted by molar-refractivity contribution is 6.31. The van der Waals surface area contributed by atoms with Gasteiger partial charge in [0.1, 0.15) is 5.75 Å². The Balaban J connectivity index is 1.46. The minimum absolute atomic E-state index is 0.107. The Morgan fingerprint density at radius 3 is 2.38 bits per heavy atom. The number of hydrogen-bond donors (Lipinski definition) is 1. The Hall–Kier alpha value is -2.74. The molecule has 0 radical (unpaired) electrons. The van der Waals surface area contributed by atoms with Crippen LogP contribution in [-0.4, -0.2) is 43.5 Å². The number of benzene rings is 2. The maximum Gasteiger partial charge on any atom is 0.416 e. The molecule has 0 aromatic heterocycles. The number of nitrogens with one attached hydrogen (secondary N) is 1. The van der Waals surface area contributed by atoms with E-state index in [1.807, 2.05) is 0 Å². The number of piperidine rings is 1. The van der Waals surface area contributed by atoms with Crippen LogP contribution in [-0.2, 0) is 17.4 Å². The zero-order chi connectivity index (χ0) is 23.3. The molecule has 9 heteroatoms. The molecule has 2 aromatic rings. The molecule has 172 valence electrons. The van der Waals surface area contributed by atoms with Crippen LogP contribution in [0.2, 0.25) is 5.02 Å². The Bertz CT molecular complexity index is 956. The summed E-state index contributed by atoms with van der Waals surface area (Å²) in [6, 6.07) is 9.79. The van der Waals surface area contributed by atoms with Gasteiger partial charge in [0, 0.05) is 30.6 Å². The molecule has 0 unspecified atom stereocenters. The molecule has 0 spiro atoms. The standard InChI is InChI=1S/C23H24ClF3N2O3/c1-32-20-7-6-18(24)14-19(20)22(31)29-12-9-16(10-13-29)21(30)28-11-8-15-2-4-17(5-3-15)23(25,26)27/h2-7,14,16H,8-13H2,1H3,(H,28,30). The third kappa shape index (κ3) is 5.94. The molecule has 2 aromatic carbocycles. The summed E-state index contributed by atoms with van der Waals surface area (Å²) in [5, 5.41) is 3.29. The van der Waals surface area contributed by atoms with Crippen LogP contribution < -0.4 is 10.1 Å². The molecule has 0 bridgehead atoms. The van der Waals surface area contributed by atoms with E-state index in [1.54, 1.807) is 23.1 Å². The molecule has 32 heavy (non-hydrogen) atoms. The first kappa shape index (κ1) is 23.9. The second-order valence-corrected chi connectivity index (χ2v) is 8.08. The highest BCUT2D eigenvalue weighted by Gasteiger charge is 2.30. The lowest BCUT2D eigenvalue weighted by Gasteiger charge is -2.31. The summed E-state index contributed by atoms with van der Waals surface area (Å²) in [6.07, 6.45) is -2.86. The van der Waals surface area contributed by atoms with Crippen molar-refractivity contribution in [3.8, 4) is 5.75 Å². The number of rotatable bonds is 6. The smallest absolute Gasteiger partial charge is 0.416 e. The predicted molar refractivity (Wildman–Crippen MR) is 115 cm³/mol. The van der Waals surface area contributed by atoms with Gasteiger partial charge in [0.15, 0.2) is 0 Å². The molecule has 1 fully saturated rings. The summed E-state index contributed by atoms with van der Waals surface area (Å²) in [7, 11) is 1.49. The first-order valence-corrected chi connectivity index (χ1v) is 10.6. The molecule has 1 saturated heterocycles. The molecule has 0 atom stereocenters. The van der Waals surface area contributed by atoms with E-state index in [1.165, 1.54) is 19.2 Å². The number of amides is 2. The van der Waals surface area contributed by atoms with Crippen LogP contribution in [0.15, 0.2) is 42.5 Å². The van der Waals surface area contributed by atoms with Crippen LogP contribution in [0, 0.1) is 5.92 Å². The van der Waals surface area contributed by atoms with Gasteiger partial charge in [0.05, 0.1) is 18.2 Å². The second-order valence-electron chi connectivity index (χ2n) is 7.65. The summed E-state index contributed by atoms with van der Waals surface area (Å²) in [4.78, 5) is 27.0. The normalized spacial score (nSPS) is 14.8. The summed E-state index contributed by atoms with van der Waals surface area (Å²) in [5.74, 6) is -0.0645. The van der Waals surface area contributed by atoms with Crippen molar-refractivity contribution in [3.05, 3.63) is 64.2 Å². The maximum atomic E-state index is 12.8. The Morgan fingerprint density at radius 2 is 1.78 bits per heavy atom. The number of hydrogen-bond acceptors (Lipinski definition) is 3. The van der Waals surface area contributed by atoms with Crippen molar-refractivity contribution in [3.63, 3.8) is 0 Å². The highest BCUT2D eigenvalue weighted by Crippen LogP contribution is 2.29.